The highest BCUT2D eigenvalue weighted by Crippen LogP contribution is 2.49. The quantitative estimate of drug-likeness (QED) is 0.615. The van der Waals surface area contributed by atoms with Gasteiger partial charge in [-0.25, -0.2) is 0 Å². The number of benzene rings is 2. The minimum absolute atomic E-state index is 0.0114. The average molecular weight is 432 g/mol. The Morgan fingerprint density at radius 2 is 1.97 bits per heavy atom. The molecule has 0 unspecified atom stereocenters. The van der Waals surface area contributed by atoms with E-state index in [1.807, 2.05) is 59.6 Å². The molecule has 2 aromatic carbocycles. The standard InChI is InChI=1S/C26H29N3O3/c1-32-16-15-29-25(31)21-8-4-3-7-20(21)23(26(29)12-5-2-6-13-26)24(30)28-19-9-10-22-18(17-19)11-14-27-22/h3-4,7-11,14,17,23,27H,2,5-6,12-13,15-16H2,1H3,(H,28,30)/t23-/m1/s1. The maximum atomic E-state index is 13.9. The van der Waals surface area contributed by atoms with Gasteiger partial charge in [0.15, 0.2) is 0 Å². The highest BCUT2D eigenvalue weighted by molar-refractivity contribution is 6.05. The number of rotatable bonds is 5. The van der Waals surface area contributed by atoms with Gasteiger partial charge in [0.05, 0.1) is 18.1 Å². The Morgan fingerprint density at radius 3 is 2.78 bits per heavy atom. The Bertz CT molecular complexity index is 1150. The van der Waals surface area contributed by atoms with Gasteiger partial charge in [-0.2, -0.15) is 0 Å². The lowest BCUT2D eigenvalue weighted by molar-refractivity contribution is -0.122. The van der Waals surface area contributed by atoms with E-state index in [-0.39, 0.29) is 11.8 Å². The Balaban J connectivity index is 1.58. The summed E-state index contributed by atoms with van der Waals surface area (Å²) >= 11 is 0. The average Bonchev–Trinajstić information content (AvgIpc) is 3.28. The van der Waals surface area contributed by atoms with Crippen LogP contribution in [0.5, 0.6) is 0 Å². The van der Waals surface area contributed by atoms with E-state index in [1.54, 1.807) is 7.11 Å². The maximum Gasteiger partial charge on any atom is 0.254 e. The van der Waals surface area contributed by atoms with Gasteiger partial charge in [0.1, 0.15) is 0 Å². The first-order valence-corrected chi connectivity index (χ1v) is 11.4. The topological polar surface area (TPSA) is 74.4 Å². The van der Waals surface area contributed by atoms with Crippen LogP contribution in [-0.4, -0.2) is 47.5 Å². The molecule has 1 saturated carbocycles. The van der Waals surface area contributed by atoms with Gasteiger partial charge in [-0.1, -0.05) is 37.5 Å². The molecule has 2 amide bonds. The van der Waals surface area contributed by atoms with Crippen molar-refractivity contribution in [3.05, 3.63) is 65.9 Å². The van der Waals surface area contributed by atoms with Crippen molar-refractivity contribution in [2.45, 2.75) is 43.6 Å². The highest BCUT2D eigenvalue weighted by atomic mass is 16.5. The van der Waals surface area contributed by atoms with Crippen LogP contribution in [0.1, 0.15) is 53.9 Å². The number of carbonyl (C=O) groups excluding carboxylic acids is 2. The molecular weight excluding hydrogens is 402 g/mol. The first-order chi connectivity index (χ1) is 15.6. The Morgan fingerprint density at radius 1 is 1.16 bits per heavy atom. The number of nitrogens with one attached hydrogen (secondary N) is 2. The number of amides is 2. The Labute approximate surface area is 187 Å². The van der Waals surface area contributed by atoms with Crippen LogP contribution in [0.15, 0.2) is 54.7 Å². The van der Waals surface area contributed by atoms with E-state index in [9.17, 15) is 9.59 Å². The molecule has 2 heterocycles. The summed E-state index contributed by atoms with van der Waals surface area (Å²) < 4.78 is 5.34. The fourth-order valence-electron chi connectivity index (χ4n) is 5.70. The van der Waals surface area contributed by atoms with E-state index in [1.165, 1.54) is 0 Å². The second-order valence-corrected chi connectivity index (χ2v) is 8.90. The van der Waals surface area contributed by atoms with Gasteiger partial charge < -0.3 is 19.9 Å². The van der Waals surface area contributed by atoms with Gasteiger partial charge in [-0.3, -0.25) is 9.59 Å². The summed E-state index contributed by atoms with van der Waals surface area (Å²) in [4.78, 5) is 32.6. The fraction of sp³-hybridized carbons (Fsp3) is 0.385. The predicted molar refractivity (Wildman–Crippen MR) is 125 cm³/mol. The molecule has 0 bridgehead atoms. The van der Waals surface area contributed by atoms with Gasteiger partial charge in [-0.05, 0) is 48.7 Å². The molecule has 1 spiro atoms. The molecule has 3 aromatic rings. The maximum absolute atomic E-state index is 13.9. The SMILES string of the molecule is COCCN1C(=O)c2ccccc2[C@H](C(=O)Nc2ccc3[nH]ccc3c2)C12CCCCC2. The molecular formula is C26H29N3O3. The number of aromatic nitrogens is 1. The van der Waals surface area contributed by atoms with Crippen LogP contribution in [0.2, 0.25) is 0 Å². The lowest BCUT2D eigenvalue weighted by Crippen LogP contribution is -2.62. The third-order valence-electron chi connectivity index (χ3n) is 7.14. The molecule has 5 rings (SSSR count). The lowest BCUT2D eigenvalue weighted by atomic mass is 9.65. The second kappa shape index (κ2) is 8.43. The van der Waals surface area contributed by atoms with Crippen molar-refractivity contribution in [1.82, 2.24) is 9.88 Å². The number of hydrogen-bond donors (Lipinski definition) is 2. The van der Waals surface area contributed by atoms with Crippen LogP contribution >= 0.6 is 0 Å². The molecule has 1 aliphatic carbocycles. The zero-order valence-electron chi connectivity index (χ0n) is 18.4. The van der Waals surface area contributed by atoms with E-state index in [2.05, 4.69) is 10.3 Å². The van der Waals surface area contributed by atoms with Crippen molar-refractivity contribution in [2.24, 2.45) is 0 Å². The molecule has 0 saturated heterocycles. The molecule has 166 valence electrons. The number of nitrogens with zero attached hydrogens (tertiary/aromatic N) is 1. The first kappa shape index (κ1) is 20.8. The molecule has 1 aliphatic heterocycles. The normalized spacial score (nSPS) is 19.8. The summed E-state index contributed by atoms with van der Waals surface area (Å²) in [5.74, 6) is -0.461. The van der Waals surface area contributed by atoms with Crippen LogP contribution in [0.25, 0.3) is 10.9 Å². The van der Waals surface area contributed by atoms with Crippen molar-refractivity contribution < 1.29 is 14.3 Å². The minimum atomic E-state index is -0.523. The second-order valence-electron chi connectivity index (χ2n) is 8.90. The van der Waals surface area contributed by atoms with Gasteiger partial charge in [0, 0.05) is 42.0 Å². The Hall–Kier alpha value is -3.12. The summed E-state index contributed by atoms with van der Waals surface area (Å²) in [5.41, 5.74) is 2.75. The van der Waals surface area contributed by atoms with Crippen LogP contribution in [0.4, 0.5) is 5.69 Å². The number of carbonyl (C=O) groups is 2. The van der Waals surface area contributed by atoms with Crippen LogP contribution in [0, 0.1) is 0 Å². The third-order valence-corrected chi connectivity index (χ3v) is 7.14. The number of fused-ring (bicyclic) bond motifs is 2. The minimum Gasteiger partial charge on any atom is -0.383 e. The molecule has 6 nitrogen and oxygen atoms in total. The number of ether oxygens (including phenoxy) is 1. The molecule has 0 radical (unpaired) electrons. The zero-order chi connectivity index (χ0) is 22.1. The number of aromatic amines is 1. The van der Waals surface area contributed by atoms with E-state index in [0.717, 1.165) is 54.3 Å². The molecule has 2 N–H and O–H groups in total. The molecule has 1 fully saturated rings. The predicted octanol–water partition coefficient (Wildman–Crippen LogP) is 4.70. The molecule has 1 aromatic heterocycles. The van der Waals surface area contributed by atoms with E-state index in [4.69, 9.17) is 4.74 Å². The molecule has 32 heavy (non-hydrogen) atoms. The number of methoxy groups -OCH3 is 1. The molecule has 6 heteroatoms. The summed E-state index contributed by atoms with van der Waals surface area (Å²) in [5, 5.41) is 4.23. The molecule has 1 atom stereocenters. The van der Waals surface area contributed by atoms with Crippen LogP contribution in [0.3, 0.4) is 0 Å². The van der Waals surface area contributed by atoms with Gasteiger partial charge >= 0.3 is 0 Å². The van der Waals surface area contributed by atoms with Crippen LogP contribution < -0.4 is 5.32 Å². The highest BCUT2D eigenvalue weighted by Gasteiger charge is 2.54. The Kier molecular flexibility index (Phi) is 5.47. The van der Waals surface area contributed by atoms with Gasteiger partial charge in [-0.15, -0.1) is 0 Å². The van der Waals surface area contributed by atoms with Crippen molar-refractivity contribution in [3.8, 4) is 0 Å². The number of hydrogen-bond acceptors (Lipinski definition) is 3. The monoisotopic (exact) mass is 431 g/mol. The number of H-pyrrole nitrogens is 1. The largest absolute Gasteiger partial charge is 0.383 e. The van der Waals surface area contributed by atoms with Crippen LogP contribution in [-0.2, 0) is 9.53 Å². The number of anilines is 1. The third kappa shape index (κ3) is 3.39. The smallest absolute Gasteiger partial charge is 0.254 e. The summed E-state index contributed by atoms with van der Waals surface area (Å²) in [6.45, 7) is 0.941. The van der Waals surface area contributed by atoms with E-state index in [0.29, 0.717) is 18.7 Å². The molecule has 2 aliphatic rings. The summed E-state index contributed by atoms with van der Waals surface area (Å²) in [6.07, 6.45) is 6.70. The van der Waals surface area contributed by atoms with Crippen molar-refractivity contribution in [3.63, 3.8) is 0 Å². The van der Waals surface area contributed by atoms with Crippen molar-refractivity contribution in [2.75, 3.05) is 25.6 Å². The van der Waals surface area contributed by atoms with Crippen molar-refractivity contribution >= 4 is 28.4 Å². The first-order valence-electron chi connectivity index (χ1n) is 11.4. The summed E-state index contributed by atoms with van der Waals surface area (Å²) in [6, 6.07) is 15.5. The van der Waals surface area contributed by atoms with E-state index < -0.39 is 11.5 Å². The fourth-order valence-corrected chi connectivity index (χ4v) is 5.70. The zero-order valence-corrected chi connectivity index (χ0v) is 18.4. The summed E-state index contributed by atoms with van der Waals surface area (Å²) in [7, 11) is 1.65. The van der Waals surface area contributed by atoms with Crippen molar-refractivity contribution in [1.29, 1.82) is 0 Å². The van der Waals surface area contributed by atoms with Gasteiger partial charge in [0.2, 0.25) is 5.91 Å². The van der Waals surface area contributed by atoms with E-state index >= 15 is 0 Å². The van der Waals surface area contributed by atoms with Gasteiger partial charge in [0.25, 0.3) is 5.91 Å². The lowest BCUT2D eigenvalue weighted by Gasteiger charge is -2.53.